The molecular weight excluding hydrogens is 216 g/mol. The van der Waals surface area contributed by atoms with E-state index in [1.54, 1.807) is 0 Å². The molecule has 0 atom stereocenters. The van der Waals surface area contributed by atoms with Gasteiger partial charge in [-0.25, -0.2) is 0 Å². The summed E-state index contributed by atoms with van der Waals surface area (Å²) in [6, 6.07) is 0. The SMILES string of the molecule is CC(C)(C)C(=O)OCCCCCCCCCO. The van der Waals surface area contributed by atoms with Crippen LogP contribution in [0.1, 0.15) is 65.7 Å². The van der Waals surface area contributed by atoms with Crippen molar-refractivity contribution >= 4 is 5.97 Å². The Hall–Kier alpha value is -0.570. The fraction of sp³-hybridized carbons (Fsp3) is 0.929. The molecule has 3 heteroatoms. The van der Waals surface area contributed by atoms with E-state index in [1.807, 2.05) is 20.8 Å². The van der Waals surface area contributed by atoms with Gasteiger partial charge in [-0.3, -0.25) is 4.79 Å². The Balaban J connectivity index is 3.22. The monoisotopic (exact) mass is 244 g/mol. The molecule has 0 saturated heterocycles. The quantitative estimate of drug-likeness (QED) is 0.500. The van der Waals surface area contributed by atoms with Crippen molar-refractivity contribution in [1.82, 2.24) is 0 Å². The van der Waals surface area contributed by atoms with Gasteiger partial charge in [-0.2, -0.15) is 0 Å². The molecule has 0 saturated carbocycles. The Morgan fingerprint density at radius 3 is 1.88 bits per heavy atom. The molecule has 17 heavy (non-hydrogen) atoms. The van der Waals surface area contributed by atoms with Crippen LogP contribution in [0.15, 0.2) is 0 Å². The summed E-state index contributed by atoms with van der Waals surface area (Å²) in [5, 5.41) is 8.61. The minimum Gasteiger partial charge on any atom is -0.465 e. The van der Waals surface area contributed by atoms with E-state index in [2.05, 4.69) is 0 Å². The molecule has 0 heterocycles. The van der Waals surface area contributed by atoms with E-state index in [1.165, 1.54) is 19.3 Å². The van der Waals surface area contributed by atoms with Crippen LogP contribution in [0.3, 0.4) is 0 Å². The zero-order chi connectivity index (χ0) is 13.1. The highest BCUT2D eigenvalue weighted by Crippen LogP contribution is 2.15. The standard InChI is InChI=1S/C14H28O3/c1-14(2,3)13(16)17-12-10-8-6-4-5-7-9-11-15/h15H,4-12H2,1-3H3. The summed E-state index contributed by atoms with van der Waals surface area (Å²) in [7, 11) is 0. The highest BCUT2D eigenvalue weighted by atomic mass is 16.5. The first-order valence-electron chi connectivity index (χ1n) is 6.76. The summed E-state index contributed by atoms with van der Waals surface area (Å²) in [5.41, 5.74) is -0.385. The van der Waals surface area contributed by atoms with Crippen molar-refractivity contribution in [2.24, 2.45) is 5.41 Å². The molecule has 0 radical (unpaired) electrons. The van der Waals surface area contributed by atoms with Crippen LogP contribution in [-0.4, -0.2) is 24.3 Å². The summed E-state index contributed by atoms with van der Waals surface area (Å²) >= 11 is 0. The minimum atomic E-state index is -0.385. The number of hydrogen-bond donors (Lipinski definition) is 1. The molecule has 0 aromatic heterocycles. The van der Waals surface area contributed by atoms with Crippen molar-refractivity contribution in [3.8, 4) is 0 Å². The molecule has 0 fully saturated rings. The molecular formula is C14H28O3. The van der Waals surface area contributed by atoms with Crippen LogP contribution < -0.4 is 0 Å². The molecule has 3 nitrogen and oxygen atoms in total. The third kappa shape index (κ3) is 10.3. The van der Waals surface area contributed by atoms with Gasteiger partial charge >= 0.3 is 5.97 Å². The van der Waals surface area contributed by atoms with Crippen molar-refractivity contribution in [3.05, 3.63) is 0 Å². The first kappa shape index (κ1) is 16.4. The Morgan fingerprint density at radius 2 is 1.41 bits per heavy atom. The predicted molar refractivity (Wildman–Crippen MR) is 69.8 cm³/mol. The maximum absolute atomic E-state index is 11.4. The maximum atomic E-state index is 11.4. The van der Waals surface area contributed by atoms with Gasteiger partial charge in [0.15, 0.2) is 0 Å². The number of rotatable bonds is 9. The summed E-state index contributed by atoms with van der Waals surface area (Å²) < 4.78 is 5.18. The van der Waals surface area contributed by atoms with Gasteiger partial charge in [0.25, 0.3) is 0 Å². The number of unbranched alkanes of at least 4 members (excludes halogenated alkanes) is 6. The largest absolute Gasteiger partial charge is 0.465 e. The topological polar surface area (TPSA) is 46.5 Å². The van der Waals surface area contributed by atoms with Gasteiger partial charge in [0.2, 0.25) is 0 Å². The minimum absolute atomic E-state index is 0.111. The van der Waals surface area contributed by atoms with Crippen LogP contribution in [-0.2, 0) is 9.53 Å². The zero-order valence-corrected chi connectivity index (χ0v) is 11.6. The number of aliphatic hydroxyl groups is 1. The Morgan fingerprint density at radius 1 is 0.941 bits per heavy atom. The van der Waals surface area contributed by atoms with Crippen molar-refractivity contribution in [2.75, 3.05) is 13.2 Å². The lowest BCUT2D eigenvalue weighted by molar-refractivity contribution is -0.153. The molecule has 0 aliphatic rings. The van der Waals surface area contributed by atoms with Crippen molar-refractivity contribution in [3.63, 3.8) is 0 Å². The van der Waals surface area contributed by atoms with Gasteiger partial charge in [-0.15, -0.1) is 0 Å². The first-order chi connectivity index (χ1) is 7.98. The third-order valence-electron chi connectivity index (χ3n) is 2.65. The highest BCUT2D eigenvalue weighted by molar-refractivity contribution is 5.75. The lowest BCUT2D eigenvalue weighted by Crippen LogP contribution is -2.23. The molecule has 0 spiro atoms. The smallest absolute Gasteiger partial charge is 0.311 e. The van der Waals surface area contributed by atoms with E-state index < -0.39 is 0 Å². The van der Waals surface area contributed by atoms with E-state index in [4.69, 9.17) is 9.84 Å². The molecule has 102 valence electrons. The summed E-state index contributed by atoms with van der Waals surface area (Å²) in [6.07, 6.45) is 7.73. The van der Waals surface area contributed by atoms with Gasteiger partial charge in [-0.1, -0.05) is 32.1 Å². The van der Waals surface area contributed by atoms with Gasteiger partial charge in [0, 0.05) is 6.61 Å². The van der Waals surface area contributed by atoms with E-state index in [0.29, 0.717) is 13.2 Å². The normalized spacial score (nSPS) is 11.5. The Bertz CT molecular complexity index is 194. The van der Waals surface area contributed by atoms with Crippen molar-refractivity contribution < 1.29 is 14.6 Å². The number of carbonyl (C=O) groups excluding carboxylic acids is 1. The van der Waals surface area contributed by atoms with E-state index in [9.17, 15) is 4.79 Å². The summed E-state index contributed by atoms with van der Waals surface area (Å²) in [6.45, 7) is 6.47. The fourth-order valence-corrected chi connectivity index (χ4v) is 1.48. The van der Waals surface area contributed by atoms with Crippen LogP contribution >= 0.6 is 0 Å². The van der Waals surface area contributed by atoms with Gasteiger partial charge in [0.1, 0.15) is 0 Å². The summed E-state index contributed by atoms with van der Waals surface area (Å²) in [4.78, 5) is 11.4. The molecule has 0 bridgehead atoms. The third-order valence-corrected chi connectivity index (χ3v) is 2.65. The lowest BCUT2D eigenvalue weighted by Gasteiger charge is -2.16. The second-order valence-corrected chi connectivity index (χ2v) is 5.58. The first-order valence-corrected chi connectivity index (χ1v) is 6.76. The Kier molecular flexibility index (Phi) is 9.14. The van der Waals surface area contributed by atoms with Crippen LogP contribution in [0.2, 0.25) is 0 Å². The van der Waals surface area contributed by atoms with Crippen molar-refractivity contribution in [2.45, 2.75) is 65.7 Å². The van der Waals surface area contributed by atoms with Crippen LogP contribution in [0.4, 0.5) is 0 Å². The van der Waals surface area contributed by atoms with E-state index in [0.717, 1.165) is 25.7 Å². The fourth-order valence-electron chi connectivity index (χ4n) is 1.48. The van der Waals surface area contributed by atoms with Gasteiger partial charge < -0.3 is 9.84 Å². The molecule has 0 unspecified atom stereocenters. The van der Waals surface area contributed by atoms with Crippen LogP contribution in [0.25, 0.3) is 0 Å². The van der Waals surface area contributed by atoms with Crippen LogP contribution in [0.5, 0.6) is 0 Å². The number of esters is 1. The molecule has 0 aliphatic heterocycles. The van der Waals surface area contributed by atoms with Crippen LogP contribution in [0, 0.1) is 5.41 Å². The molecule has 0 aromatic carbocycles. The average molecular weight is 244 g/mol. The van der Waals surface area contributed by atoms with Crippen molar-refractivity contribution in [1.29, 1.82) is 0 Å². The molecule has 0 rings (SSSR count). The maximum Gasteiger partial charge on any atom is 0.311 e. The van der Waals surface area contributed by atoms with E-state index in [-0.39, 0.29) is 11.4 Å². The number of ether oxygens (including phenoxy) is 1. The number of carbonyl (C=O) groups is 1. The summed E-state index contributed by atoms with van der Waals surface area (Å²) in [5.74, 6) is -0.111. The lowest BCUT2D eigenvalue weighted by atomic mass is 9.97. The molecule has 1 N–H and O–H groups in total. The molecule has 0 aromatic rings. The predicted octanol–water partition coefficient (Wildman–Crippen LogP) is 3.30. The number of hydrogen-bond acceptors (Lipinski definition) is 3. The molecule has 0 aliphatic carbocycles. The molecule has 0 amide bonds. The highest BCUT2D eigenvalue weighted by Gasteiger charge is 2.22. The number of aliphatic hydroxyl groups excluding tert-OH is 1. The second-order valence-electron chi connectivity index (χ2n) is 5.58. The van der Waals surface area contributed by atoms with Gasteiger partial charge in [-0.05, 0) is 33.6 Å². The zero-order valence-electron chi connectivity index (χ0n) is 11.6. The van der Waals surface area contributed by atoms with E-state index >= 15 is 0 Å². The second kappa shape index (κ2) is 9.46. The average Bonchev–Trinajstić information content (AvgIpc) is 2.25. The Labute approximate surface area is 106 Å². The van der Waals surface area contributed by atoms with Gasteiger partial charge in [0.05, 0.1) is 12.0 Å².